The molecule has 0 radical (unpaired) electrons. The minimum absolute atomic E-state index is 0.107. The zero-order chi connectivity index (χ0) is 18.8. The highest BCUT2D eigenvalue weighted by molar-refractivity contribution is 6.31. The molecule has 0 spiro atoms. The van der Waals surface area contributed by atoms with Crippen molar-refractivity contribution in [3.8, 4) is 5.75 Å². The predicted molar refractivity (Wildman–Crippen MR) is 101 cm³/mol. The summed E-state index contributed by atoms with van der Waals surface area (Å²) < 4.78 is 5.65. The van der Waals surface area contributed by atoms with Gasteiger partial charge < -0.3 is 15.0 Å². The van der Waals surface area contributed by atoms with Crippen molar-refractivity contribution in [1.29, 1.82) is 0 Å². The Morgan fingerprint density at radius 1 is 1.23 bits per heavy atom. The monoisotopic (exact) mass is 372 g/mol. The minimum Gasteiger partial charge on any atom is -0.491 e. The van der Waals surface area contributed by atoms with Crippen molar-refractivity contribution < 1.29 is 14.3 Å². The Bertz CT molecular complexity index is 833. The molecule has 5 nitrogen and oxygen atoms in total. The first-order valence-electron chi connectivity index (χ1n) is 8.48. The molecule has 2 aromatic carbocycles. The van der Waals surface area contributed by atoms with Crippen molar-refractivity contribution in [1.82, 2.24) is 5.32 Å². The molecule has 0 bridgehead atoms. The van der Waals surface area contributed by atoms with Crippen LogP contribution in [0.1, 0.15) is 37.9 Å². The van der Waals surface area contributed by atoms with Crippen molar-refractivity contribution in [2.24, 2.45) is 0 Å². The molecule has 0 saturated carbocycles. The molecule has 136 valence electrons. The van der Waals surface area contributed by atoms with Crippen LogP contribution in [0.15, 0.2) is 42.5 Å². The van der Waals surface area contributed by atoms with Gasteiger partial charge in [-0.15, -0.1) is 0 Å². The van der Waals surface area contributed by atoms with Gasteiger partial charge in [0.25, 0.3) is 5.91 Å². The second-order valence-electron chi connectivity index (χ2n) is 6.57. The first-order valence-corrected chi connectivity index (χ1v) is 8.86. The molecule has 2 aromatic rings. The molecule has 0 unspecified atom stereocenters. The molecule has 3 rings (SSSR count). The number of hydrogen-bond acceptors (Lipinski definition) is 3. The second kappa shape index (κ2) is 7.38. The summed E-state index contributed by atoms with van der Waals surface area (Å²) >= 11 is 6.08. The van der Waals surface area contributed by atoms with Gasteiger partial charge in [-0.2, -0.15) is 0 Å². The SMILES string of the molecule is CC(=O)N[C@H]1C(=O)N(Cc2ccc(OC(C)C)cc2)c2ccc(Cl)cc21. The van der Waals surface area contributed by atoms with E-state index in [1.54, 1.807) is 17.0 Å². The molecule has 26 heavy (non-hydrogen) atoms. The number of halogens is 1. The first-order chi connectivity index (χ1) is 12.3. The predicted octanol–water partition coefficient (Wildman–Crippen LogP) is 3.85. The topological polar surface area (TPSA) is 58.6 Å². The first kappa shape index (κ1) is 18.3. The van der Waals surface area contributed by atoms with E-state index < -0.39 is 6.04 Å². The van der Waals surface area contributed by atoms with Gasteiger partial charge in [0.2, 0.25) is 5.91 Å². The number of anilines is 1. The van der Waals surface area contributed by atoms with Crippen LogP contribution in [0, 0.1) is 0 Å². The Hall–Kier alpha value is -2.53. The Balaban J connectivity index is 1.86. The number of rotatable bonds is 5. The van der Waals surface area contributed by atoms with Crippen molar-refractivity contribution in [3.05, 3.63) is 58.6 Å². The number of carbonyl (C=O) groups is 2. The fourth-order valence-electron chi connectivity index (χ4n) is 3.04. The van der Waals surface area contributed by atoms with Gasteiger partial charge in [0.1, 0.15) is 11.8 Å². The Kier molecular flexibility index (Phi) is 5.18. The third-order valence-electron chi connectivity index (χ3n) is 4.09. The number of benzene rings is 2. The number of carbonyl (C=O) groups excluding carboxylic acids is 2. The molecule has 1 aliphatic rings. The summed E-state index contributed by atoms with van der Waals surface area (Å²) in [5.74, 6) is 0.367. The smallest absolute Gasteiger partial charge is 0.254 e. The molecule has 0 saturated heterocycles. The molecule has 1 N–H and O–H groups in total. The van der Waals surface area contributed by atoms with Crippen LogP contribution in [-0.4, -0.2) is 17.9 Å². The van der Waals surface area contributed by atoms with E-state index in [1.807, 2.05) is 44.2 Å². The van der Waals surface area contributed by atoms with Gasteiger partial charge >= 0.3 is 0 Å². The molecule has 0 fully saturated rings. The van der Waals surface area contributed by atoms with E-state index in [0.717, 1.165) is 22.6 Å². The van der Waals surface area contributed by atoms with Crippen LogP contribution < -0.4 is 15.0 Å². The summed E-state index contributed by atoms with van der Waals surface area (Å²) in [5.41, 5.74) is 2.46. The zero-order valence-corrected chi connectivity index (χ0v) is 15.7. The van der Waals surface area contributed by atoms with E-state index in [0.29, 0.717) is 11.6 Å². The fraction of sp³-hybridized carbons (Fsp3) is 0.300. The Morgan fingerprint density at radius 3 is 2.54 bits per heavy atom. The lowest BCUT2D eigenvalue weighted by molar-refractivity contribution is -0.126. The number of hydrogen-bond donors (Lipinski definition) is 1. The Labute approximate surface area is 157 Å². The van der Waals surface area contributed by atoms with Gasteiger partial charge in [-0.05, 0) is 49.7 Å². The van der Waals surface area contributed by atoms with Crippen molar-refractivity contribution >= 4 is 29.1 Å². The summed E-state index contributed by atoms with van der Waals surface area (Å²) in [7, 11) is 0. The molecule has 2 amide bonds. The highest BCUT2D eigenvalue weighted by Crippen LogP contribution is 2.38. The van der Waals surface area contributed by atoms with Crippen molar-refractivity contribution in [2.45, 2.75) is 39.5 Å². The summed E-state index contributed by atoms with van der Waals surface area (Å²) in [6, 6.07) is 12.2. The molecule has 1 aliphatic heterocycles. The van der Waals surface area contributed by atoms with Crippen molar-refractivity contribution in [3.63, 3.8) is 0 Å². The molecule has 0 aromatic heterocycles. The molecule has 0 aliphatic carbocycles. The van der Waals surface area contributed by atoms with Gasteiger partial charge in [0.15, 0.2) is 0 Å². The van der Waals surface area contributed by atoms with Gasteiger partial charge in [-0.3, -0.25) is 9.59 Å². The third-order valence-corrected chi connectivity index (χ3v) is 4.32. The van der Waals surface area contributed by atoms with Crippen LogP contribution in [-0.2, 0) is 16.1 Å². The third kappa shape index (κ3) is 3.83. The van der Waals surface area contributed by atoms with E-state index in [2.05, 4.69) is 5.32 Å². The van der Waals surface area contributed by atoms with E-state index in [9.17, 15) is 9.59 Å². The summed E-state index contributed by atoms with van der Waals surface area (Å²) in [6.45, 7) is 5.75. The average molecular weight is 373 g/mol. The minimum atomic E-state index is -0.704. The van der Waals surface area contributed by atoms with Gasteiger partial charge in [0.05, 0.1) is 12.6 Å². The highest BCUT2D eigenvalue weighted by atomic mass is 35.5. The number of ether oxygens (including phenoxy) is 1. The normalized spacial score (nSPS) is 16.0. The molecule has 1 atom stereocenters. The lowest BCUT2D eigenvalue weighted by Crippen LogP contribution is -2.36. The van der Waals surface area contributed by atoms with E-state index in [-0.39, 0.29) is 17.9 Å². The Morgan fingerprint density at radius 2 is 1.92 bits per heavy atom. The quantitative estimate of drug-likeness (QED) is 0.867. The standard InChI is InChI=1S/C20H21ClN2O3/c1-12(2)26-16-7-4-14(5-8-16)11-23-18-9-6-15(21)10-17(18)19(20(23)25)22-13(3)24/h4-10,12,19H,11H2,1-3H3,(H,22,24)/t19-/m1/s1. The van der Waals surface area contributed by atoms with Crippen LogP contribution >= 0.6 is 11.6 Å². The second-order valence-corrected chi connectivity index (χ2v) is 7.01. The van der Waals surface area contributed by atoms with Gasteiger partial charge in [-0.25, -0.2) is 0 Å². The number of fused-ring (bicyclic) bond motifs is 1. The lowest BCUT2D eigenvalue weighted by Gasteiger charge is -2.19. The number of nitrogens with zero attached hydrogens (tertiary/aromatic N) is 1. The van der Waals surface area contributed by atoms with Crippen molar-refractivity contribution in [2.75, 3.05) is 4.90 Å². The highest BCUT2D eigenvalue weighted by Gasteiger charge is 2.37. The maximum Gasteiger partial charge on any atom is 0.254 e. The van der Waals surface area contributed by atoms with Gasteiger partial charge in [0, 0.05) is 23.2 Å². The summed E-state index contributed by atoms with van der Waals surface area (Å²) in [6.07, 6.45) is 0.107. The maximum atomic E-state index is 12.9. The van der Waals surface area contributed by atoms with Crippen LogP contribution in [0.5, 0.6) is 5.75 Å². The summed E-state index contributed by atoms with van der Waals surface area (Å²) in [4.78, 5) is 26.0. The van der Waals surface area contributed by atoms with Crippen LogP contribution in [0.3, 0.4) is 0 Å². The molecule has 1 heterocycles. The number of amides is 2. The number of nitrogens with one attached hydrogen (secondary N) is 1. The van der Waals surface area contributed by atoms with Crippen LogP contribution in [0.25, 0.3) is 0 Å². The molecular formula is C20H21ClN2O3. The van der Waals surface area contributed by atoms with E-state index >= 15 is 0 Å². The summed E-state index contributed by atoms with van der Waals surface area (Å²) in [5, 5.41) is 3.24. The lowest BCUT2D eigenvalue weighted by atomic mass is 10.1. The average Bonchev–Trinajstić information content (AvgIpc) is 2.81. The van der Waals surface area contributed by atoms with Gasteiger partial charge in [-0.1, -0.05) is 23.7 Å². The zero-order valence-electron chi connectivity index (χ0n) is 15.0. The fourth-order valence-corrected chi connectivity index (χ4v) is 3.22. The largest absolute Gasteiger partial charge is 0.491 e. The van der Waals surface area contributed by atoms with Crippen LogP contribution in [0.2, 0.25) is 5.02 Å². The molecule has 6 heteroatoms. The van der Waals surface area contributed by atoms with E-state index in [1.165, 1.54) is 6.92 Å². The maximum absolute atomic E-state index is 12.9. The van der Waals surface area contributed by atoms with E-state index in [4.69, 9.17) is 16.3 Å². The van der Waals surface area contributed by atoms with Crippen LogP contribution in [0.4, 0.5) is 5.69 Å². The molecular weight excluding hydrogens is 352 g/mol.